The number of carbonyl (C=O) groups excluding carboxylic acids is 4. The van der Waals surface area contributed by atoms with Gasteiger partial charge in [-0.2, -0.15) is 4.37 Å². The Kier molecular flexibility index (Phi) is 9.48. The van der Waals surface area contributed by atoms with Crippen LogP contribution in [-0.2, 0) is 14.3 Å². The van der Waals surface area contributed by atoms with Crippen LogP contribution in [0.15, 0.2) is 24.3 Å². The number of primary amides is 1. The van der Waals surface area contributed by atoms with Crippen molar-refractivity contribution in [2.75, 3.05) is 25.4 Å². The number of hydrogen-bond acceptors (Lipinski definition) is 8. The number of aromatic nitrogens is 1. The summed E-state index contributed by atoms with van der Waals surface area (Å²) in [5, 5.41) is 2.76. The van der Waals surface area contributed by atoms with Gasteiger partial charge < -0.3 is 26.4 Å². The summed E-state index contributed by atoms with van der Waals surface area (Å²) >= 11 is 0.619. The lowest BCUT2D eigenvalue weighted by molar-refractivity contribution is -0.144. The zero-order chi connectivity index (χ0) is 25.4. The van der Waals surface area contributed by atoms with Crippen LogP contribution in [0.25, 0.3) is 0 Å². The zero-order valence-corrected chi connectivity index (χ0v) is 20.0. The highest BCUT2D eigenvalue weighted by Crippen LogP contribution is 2.29. The quantitative estimate of drug-likeness (QED) is 0.403. The van der Waals surface area contributed by atoms with Gasteiger partial charge in [-0.3, -0.25) is 19.2 Å². The van der Waals surface area contributed by atoms with Crippen molar-refractivity contribution in [3.63, 3.8) is 0 Å². The van der Waals surface area contributed by atoms with E-state index in [1.54, 1.807) is 6.92 Å². The number of rotatable bonds is 11. The Morgan fingerprint density at radius 1 is 1.21 bits per heavy atom. The molecule has 0 spiro atoms. The molecule has 0 saturated carbocycles. The second-order valence-electron chi connectivity index (χ2n) is 7.80. The van der Waals surface area contributed by atoms with Gasteiger partial charge in [-0.15, -0.1) is 0 Å². The zero-order valence-electron chi connectivity index (χ0n) is 19.2. The molecule has 184 valence electrons. The number of benzene rings is 1. The van der Waals surface area contributed by atoms with Crippen LogP contribution in [0, 0.1) is 11.7 Å². The molecule has 1 aromatic carbocycles. The van der Waals surface area contributed by atoms with Crippen molar-refractivity contribution in [3.8, 4) is 0 Å². The molecule has 10 nitrogen and oxygen atoms in total. The Bertz CT molecular complexity index is 1040. The van der Waals surface area contributed by atoms with Gasteiger partial charge in [0.05, 0.1) is 12.3 Å². The molecule has 0 bridgehead atoms. The van der Waals surface area contributed by atoms with E-state index < -0.39 is 42.1 Å². The maximum Gasteiger partial charge on any atom is 0.325 e. The van der Waals surface area contributed by atoms with Gasteiger partial charge in [0.1, 0.15) is 23.3 Å². The molecule has 0 fully saturated rings. The van der Waals surface area contributed by atoms with E-state index in [4.69, 9.17) is 16.2 Å². The topological polar surface area (TPSA) is 158 Å². The van der Waals surface area contributed by atoms with Crippen LogP contribution in [0.2, 0.25) is 0 Å². The number of nitrogens with one attached hydrogen (secondary N) is 1. The molecule has 0 unspecified atom stereocenters. The number of nitrogen functional groups attached to an aromatic ring is 1. The predicted octanol–water partition coefficient (Wildman–Crippen LogP) is 1.87. The van der Waals surface area contributed by atoms with Gasteiger partial charge in [-0.25, -0.2) is 4.39 Å². The van der Waals surface area contributed by atoms with Crippen molar-refractivity contribution in [2.24, 2.45) is 11.7 Å². The molecular weight excluding hydrogens is 465 g/mol. The number of hydrogen-bond donors (Lipinski definition) is 3. The fourth-order valence-electron chi connectivity index (χ4n) is 3.08. The fourth-order valence-corrected chi connectivity index (χ4v) is 3.85. The third kappa shape index (κ3) is 6.73. The summed E-state index contributed by atoms with van der Waals surface area (Å²) in [6, 6.07) is 3.66. The van der Waals surface area contributed by atoms with E-state index in [2.05, 4.69) is 9.69 Å². The Hall–Kier alpha value is -3.54. The highest BCUT2D eigenvalue weighted by molar-refractivity contribution is 7.09. The summed E-state index contributed by atoms with van der Waals surface area (Å²) < 4.78 is 22.4. The van der Waals surface area contributed by atoms with Crippen LogP contribution in [0.3, 0.4) is 0 Å². The number of carbonyl (C=O) groups is 4. The first-order chi connectivity index (χ1) is 16.1. The lowest BCUT2D eigenvalue weighted by atomic mass is 10.0. The molecule has 2 rings (SSSR count). The van der Waals surface area contributed by atoms with E-state index in [1.807, 2.05) is 13.8 Å². The first kappa shape index (κ1) is 26.7. The number of nitrogens with two attached hydrogens (primary N) is 2. The van der Waals surface area contributed by atoms with Gasteiger partial charge in [0, 0.05) is 6.54 Å². The van der Waals surface area contributed by atoms with Crippen LogP contribution < -0.4 is 16.8 Å². The van der Waals surface area contributed by atoms with Crippen molar-refractivity contribution in [3.05, 3.63) is 46.2 Å². The molecule has 1 aromatic heterocycles. The predicted molar refractivity (Wildman–Crippen MR) is 124 cm³/mol. The third-order valence-corrected chi connectivity index (χ3v) is 5.64. The normalized spacial score (nSPS) is 11.7. The first-order valence-electron chi connectivity index (χ1n) is 10.6. The van der Waals surface area contributed by atoms with Gasteiger partial charge in [-0.1, -0.05) is 26.0 Å². The summed E-state index contributed by atoms with van der Waals surface area (Å²) in [6.45, 7) is 5.35. The monoisotopic (exact) mass is 493 g/mol. The second kappa shape index (κ2) is 12.1. The number of halogens is 1. The van der Waals surface area contributed by atoms with Gasteiger partial charge in [0.2, 0.25) is 5.91 Å². The third-order valence-electron chi connectivity index (χ3n) is 4.79. The Labute approximate surface area is 200 Å². The van der Waals surface area contributed by atoms with Crippen molar-refractivity contribution in [1.29, 1.82) is 0 Å². The number of amides is 3. The maximum absolute atomic E-state index is 13.6. The van der Waals surface area contributed by atoms with Crippen molar-refractivity contribution < 1.29 is 28.3 Å². The van der Waals surface area contributed by atoms with Gasteiger partial charge >= 0.3 is 5.97 Å². The largest absolute Gasteiger partial charge is 0.465 e. The smallest absolute Gasteiger partial charge is 0.325 e. The average Bonchev–Trinajstić information content (AvgIpc) is 3.15. The molecule has 0 aliphatic heterocycles. The lowest BCUT2D eigenvalue weighted by Crippen LogP contribution is -2.46. The van der Waals surface area contributed by atoms with Crippen molar-refractivity contribution in [2.45, 2.75) is 33.2 Å². The average molecular weight is 494 g/mol. The number of anilines is 1. The molecule has 0 radical (unpaired) electrons. The molecule has 2 aromatic rings. The first-order valence-corrected chi connectivity index (χ1v) is 11.4. The van der Waals surface area contributed by atoms with E-state index in [9.17, 15) is 23.6 Å². The lowest BCUT2D eigenvalue weighted by Gasteiger charge is -2.30. The van der Waals surface area contributed by atoms with Crippen LogP contribution in [0.4, 0.5) is 10.1 Å². The highest BCUT2D eigenvalue weighted by atomic mass is 32.1. The molecule has 34 heavy (non-hydrogen) atoms. The molecule has 3 amide bonds. The summed E-state index contributed by atoms with van der Waals surface area (Å²) in [5.74, 6) is -3.33. The minimum Gasteiger partial charge on any atom is -0.465 e. The maximum atomic E-state index is 13.6. The number of nitrogens with zero attached hydrogens (tertiary/aromatic N) is 2. The second-order valence-corrected chi connectivity index (χ2v) is 8.58. The molecule has 12 heteroatoms. The standard InChI is InChI=1S/C22H28FN5O5S/c1-4-33-15(29)11-28(22(32)19-16(24)17(20(25)30)27-34-19)18(13-5-7-14(23)8-6-13)21(31)26-10-9-12(2)3/h5-8,12,18H,4,9-11,24H2,1-3H3,(H2,25,30)(H,26,31)/t18-/m0/s1. The minimum atomic E-state index is -1.32. The van der Waals surface area contributed by atoms with Crippen molar-refractivity contribution in [1.82, 2.24) is 14.6 Å². The number of ether oxygens (including phenoxy) is 1. The number of esters is 1. The Morgan fingerprint density at radius 2 is 1.85 bits per heavy atom. The fraction of sp³-hybridized carbons (Fsp3) is 0.409. The van der Waals surface area contributed by atoms with E-state index in [0.29, 0.717) is 30.4 Å². The van der Waals surface area contributed by atoms with Crippen LogP contribution >= 0.6 is 11.5 Å². The molecule has 1 heterocycles. The molecule has 1 atom stereocenters. The Balaban J connectivity index is 2.54. The van der Waals surface area contributed by atoms with Gasteiger partial charge in [0.25, 0.3) is 11.8 Å². The molecule has 0 aliphatic rings. The van der Waals surface area contributed by atoms with Crippen LogP contribution in [0.1, 0.15) is 59.0 Å². The van der Waals surface area contributed by atoms with E-state index >= 15 is 0 Å². The highest BCUT2D eigenvalue weighted by Gasteiger charge is 2.36. The Morgan fingerprint density at radius 3 is 2.38 bits per heavy atom. The van der Waals surface area contributed by atoms with Crippen LogP contribution in [0.5, 0.6) is 0 Å². The van der Waals surface area contributed by atoms with Crippen LogP contribution in [-0.4, -0.2) is 52.7 Å². The van der Waals surface area contributed by atoms with Gasteiger partial charge in [0.15, 0.2) is 5.69 Å². The minimum absolute atomic E-state index is 0.0528. The van der Waals surface area contributed by atoms with Crippen molar-refractivity contribution >= 4 is 40.9 Å². The van der Waals surface area contributed by atoms with E-state index in [1.165, 1.54) is 12.1 Å². The molecule has 0 aliphatic carbocycles. The summed E-state index contributed by atoms with van der Waals surface area (Å²) in [6.07, 6.45) is 0.678. The van der Waals surface area contributed by atoms with E-state index in [0.717, 1.165) is 17.0 Å². The molecule has 5 N–H and O–H groups in total. The summed E-state index contributed by atoms with van der Waals surface area (Å²) in [4.78, 5) is 51.5. The SMILES string of the molecule is CCOC(=O)CN(C(=O)c1snc(C(N)=O)c1N)[C@H](C(=O)NCCC(C)C)c1ccc(F)cc1. The molecule has 0 saturated heterocycles. The summed E-state index contributed by atoms with van der Waals surface area (Å²) in [5.41, 5.74) is 10.9. The summed E-state index contributed by atoms with van der Waals surface area (Å²) in [7, 11) is 0. The van der Waals surface area contributed by atoms with E-state index in [-0.39, 0.29) is 28.4 Å². The van der Waals surface area contributed by atoms with Gasteiger partial charge in [-0.05, 0) is 48.5 Å². The molecular formula is C22H28FN5O5S.